The summed E-state index contributed by atoms with van der Waals surface area (Å²) < 4.78 is 43.3. The Morgan fingerprint density at radius 1 is 1.29 bits per heavy atom. The highest BCUT2D eigenvalue weighted by molar-refractivity contribution is 5.26. The van der Waals surface area contributed by atoms with Crippen molar-refractivity contribution < 1.29 is 17.9 Å². The second-order valence-electron chi connectivity index (χ2n) is 5.63. The van der Waals surface area contributed by atoms with Crippen LogP contribution in [0, 0.1) is 0 Å². The molecule has 1 saturated heterocycles. The molecule has 0 aliphatic carbocycles. The molecule has 3 atom stereocenters. The van der Waals surface area contributed by atoms with Crippen LogP contribution in [0.5, 0.6) is 0 Å². The normalized spacial score (nSPS) is 24.8. The minimum Gasteiger partial charge on any atom is -0.378 e. The summed E-state index contributed by atoms with van der Waals surface area (Å²) in [5.74, 6) is 0. The van der Waals surface area contributed by atoms with E-state index in [1.54, 1.807) is 12.1 Å². The van der Waals surface area contributed by atoms with Gasteiger partial charge in [-0.1, -0.05) is 19.1 Å². The van der Waals surface area contributed by atoms with Crippen LogP contribution in [0.15, 0.2) is 24.3 Å². The largest absolute Gasteiger partial charge is 0.416 e. The Bertz CT molecular complexity index is 444. The molecule has 0 radical (unpaired) electrons. The highest BCUT2D eigenvalue weighted by Gasteiger charge is 2.30. The zero-order valence-corrected chi connectivity index (χ0v) is 12.4. The SMILES string of the molecule is CCC1CC(NC(C)c2ccc(C(F)(F)F)cc2)CCO1. The number of halogens is 3. The minimum atomic E-state index is -4.27. The molecule has 0 saturated carbocycles. The van der Waals surface area contributed by atoms with E-state index < -0.39 is 11.7 Å². The molecule has 5 heteroatoms. The lowest BCUT2D eigenvalue weighted by Crippen LogP contribution is -2.39. The molecular weight excluding hydrogens is 279 g/mol. The van der Waals surface area contributed by atoms with Gasteiger partial charge in [0.25, 0.3) is 0 Å². The fourth-order valence-corrected chi connectivity index (χ4v) is 2.73. The van der Waals surface area contributed by atoms with E-state index in [9.17, 15) is 13.2 Å². The highest BCUT2D eigenvalue weighted by atomic mass is 19.4. The van der Waals surface area contributed by atoms with E-state index in [1.807, 2.05) is 6.92 Å². The first-order valence-electron chi connectivity index (χ1n) is 7.45. The summed E-state index contributed by atoms with van der Waals surface area (Å²) in [5, 5.41) is 3.50. The van der Waals surface area contributed by atoms with E-state index in [4.69, 9.17) is 4.74 Å². The topological polar surface area (TPSA) is 21.3 Å². The van der Waals surface area contributed by atoms with Crippen LogP contribution in [0.2, 0.25) is 0 Å². The van der Waals surface area contributed by atoms with E-state index in [-0.39, 0.29) is 12.1 Å². The van der Waals surface area contributed by atoms with Crippen LogP contribution in [0.1, 0.15) is 50.3 Å². The van der Waals surface area contributed by atoms with Gasteiger partial charge in [-0.25, -0.2) is 0 Å². The van der Waals surface area contributed by atoms with Gasteiger partial charge in [-0.2, -0.15) is 13.2 Å². The van der Waals surface area contributed by atoms with E-state index in [0.29, 0.717) is 6.04 Å². The average Bonchev–Trinajstić information content (AvgIpc) is 2.46. The molecule has 118 valence electrons. The van der Waals surface area contributed by atoms with Crippen molar-refractivity contribution >= 4 is 0 Å². The quantitative estimate of drug-likeness (QED) is 0.894. The van der Waals surface area contributed by atoms with Crippen LogP contribution in [0.4, 0.5) is 13.2 Å². The van der Waals surface area contributed by atoms with Gasteiger partial charge < -0.3 is 10.1 Å². The third kappa shape index (κ3) is 4.45. The Hall–Kier alpha value is -1.07. The first-order valence-corrected chi connectivity index (χ1v) is 7.45. The summed E-state index contributed by atoms with van der Waals surface area (Å²) in [7, 11) is 0. The molecule has 2 rings (SSSR count). The number of ether oxygens (including phenoxy) is 1. The van der Waals surface area contributed by atoms with Crippen molar-refractivity contribution in [3.8, 4) is 0 Å². The summed E-state index contributed by atoms with van der Waals surface area (Å²) >= 11 is 0. The van der Waals surface area contributed by atoms with Crippen LogP contribution < -0.4 is 5.32 Å². The van der Waals surface area contributed by atoms with Crippen molar-refractivity contribution in [2.75, 3.05) is 6.61 Å². The maximum absolute atomic E-state index is 12.5. The molecule has 0 amide bonds. The molecule has 3 unspecified atom stereocenters. The van der Waals surface area contributed by atoms with Gasteiger partial charge in [0, 0.05) is 18.7 Å². The summed E-state index contributed by atoms with van der Waals surface area (Å²) in [5.41, 5.74) is 0.276. The average molecular weight is 301 g/mol. The number of hydrogen-bond acceptors (Lipinski definition) is 2. The lowest BCUT2D eigenvalue weighted by molar-refractivity contribution is -0.137. The molecule has 1 heterocycles. The van der Waals surface area contributed by atoms with Gasteiger partial charge >= 0.3 is 6.18 Å². The number of nitrogens with one attached hydrogen (secondary N) is 1. The molecule has 21 heavy (non-hydrogen) atoms. The van der Waals surface area contributed by atoms with Gasteiger partial charge in [0.2, 0.25) is 0 Å². The minimum absolute atomic E-state index is 0.0351. The lowest BCUT2D eigenvalue weighted by atomic mass is 9.99. The van der Waals surface area contributed by atoms with Crippen LogP contribution in [0.3, 0.4) is 0 Å². The zero-order chi connectivity index (χ0) is 15.5. The van der Waals surface area contributed by atoms with Gasteiger partial charge in [-0.05, 0) is 43.9 Å². The molecule has 1 aromatic rings. The van der Waals surface area contributed by atoms with E-state index >= 15 is 0 Å². The van der Waals surface area contributed by atoms with Crippen LogP contribution >= 0.6 is 0 Å². The number of rotatable bonds is 4. The second-order valence-corrected chi connectivity index (χ2v) is 5.63. The summed E-state index contributed by atoms with van der Waals surface area (Å²) in [6.07, 6.45) is -1.09. The molecule has 0 aromatic heterocycles. The summed E-state index contributed by atoms with van der Waals surface area (Å²) in [6.45, 7) is 4.83. The third-order valence-electron chi connectivity index (χ3n) is 4.05. The fourth-order valence-electron chi connectivity index (χ4n) is 2.73. The summed E-state index contributed by atoms with van der Waals surface area (Å²) in [6, 6.07) is 5.79. The van der Waals surface area contributed by atoms with Crippen molar-refractivity contribution in [2.24, 2.45) is 0 Å². The predicted octanol–water partition coefficient (Wildman–Crippen LogP) is 4.31. The van der Waals surface area contributed by atoms with Crippen molar-refractivity contribution in [2.45, 2.75) is 57.5 Å². The van der Waals surface area contributed by atoms with Crippen LogP contribution in [0.25, 0.3) is 0 Å². The van der Waals surface area contributed by atoms with Gasteiger partial charge in [0.15, 0.2) is 0 Å². The lowest BCUT2D eigenvalue weighted by Gasteiger charge is -2.32. The van der Waals surface area contributed by atoms with Crippen molar-refractivity contribution in [1.29, 1.82) is 0 Å². The Kier molecular flexibility index (Phi) is 5.27. The Balaban J connectivity index is 1.95. The number of hydrogen-bond donors (Lipinski definition) is 1. The number of alkyl halides is 3. The van der Waals surface area contributed by atoms with Crippen molar-refractivity contribution in [1.82, 2.24) is 5.32 Å². The first kappa shape index (κ1) is 16.3. The van der Waals surface area contributed by atoms with E-state index in [0.717, 1.165) is 43.6 Å². The predicted molar refractivity (Wildman–Crippen MR) is 76.0 cm³/mol. The zero-order valence-electron chi connectivity index (χ0n) is 12.4. The Labute approximate surface area is 123 Å². The molecule has 1 aliphatic rings. The molecule has 1 aliphatic heterocycles. The number of benzene rings is 1. The fraction of sp³-hybridized carbons (Fsp3) is 0.625. The molecule has 0 spiro atoms. The van der Waals surface area contributed by atoms with Crippen molar-refractivity contribution in [3.63, 3.8) is 0 Å². The van der Waals surface area contributed by atoms with Crippen LogP contribution in [-0.4, -0.2) is 18.8 Å². The summed E-state index contributed by atoms with van der Waals surface area (Å²) in [4.78, 5) is 0. The molecule has 2 nitrogen and oxygen atoms in total. The van der Waals surface area contributed by atoms with Gasteiger partial charge in [-0.15, -0.1) is 0 Å². The molecule has 1 N–H and O–H groups in total. The highest BCUT2D eigenvalue weighted by Crippen LogP contribution is 2.30. The van der Waals surface area contributed by atoms with Gasteiger partial charge in [0.05, 0.1) is 11.7 Å². The van der Waals surface area contributed by atoms with E-state index in [1.165, 1.54) is 0 Å². The van der Waals surface area contributed by atoms with Gasteiger partial charge in [-0.3, -0.25) is 0 Å². The molecular formula is C16H22F3NO. The smallest absolute Gasteiger partial charge is 0.378 e. The standard InChI is InChI=1S/C16H22F3NO/c1-3-15-10-14(8-9-21-15)20-11(2)12-4-6-13(7-5-12)16(17,18)19/h4-7,11,14-15,20H,3,8-10H2,1-2H3. The van der Waals surface area contributed by atoms with Gasteiger partial charge in [0.1, 0.15) is 0 Å². The maximum atomic E-state index is 12.5. The third-order valence-corrected chi connectivity index (χ3v) is 4.05. The molecule has 1 fully saturated rings. The Morgan fingerprint density at radius 3 is 2.52 bits per heavy atom. The first-order chi connectivity index (χ1) is 9.90. The van der Waals surface area contributed by atoms with E-state index in [2.05, 4.69) is 12.2 Å². The molecule has 1 aromatic carbocycles. The monoisotopic (exact) mass is 301 g/mol. The van der Waals surface area contributed by atoms with Crippen molar-refractivity contribution in [3.05, 3.63) is 35.4 Å². The van der Waals surface area contributed by atoms with Crippen LogP contribution in [-0.2, 0) is 10.9 Å². The maximum Gasteiger partial charge on any atom is 0.416 e. The Morgan fingerprint density at radius 2 is 1.95 bits per heavy atom. The molecule has 0 bridgehead atoms. The second kappa shape index (κ2) is 6.79.